The molecule has 2 atom stereocenters. The van der Waals surface area contributed by atoms with E-state index in [1.54, 1.807) is 0 Å². The number of terminal acetylenes is 1. The number of anilines is 1. The number of nitrogens with one attached hydrogen (secondary N) is 2. The van der Waals surface area contributed by atoms with Gasteiger partial charge < -0.3 is 20.6 Å². The number of hydrogen-bond donors (Lipinski definition) is 3. The van der Waals surface area contributed by atoms with Crippen molar-refractivity contribution in [3.63, 3.8) is 0 Å². The van der Waals surface area contributed by atoms with Crippen molar-refractivity contribution in [2.24, 2.45) is 5.16 Å². The van der Waals surface area contributed by atoms with Crippen LogP contribution >= 0.6 is 23.1 Å². The Morgan fingerprint density at radius 3 is 2.97 bits per heavy atom. The summed E-state index contributed by atoms with van der Waals surface area (Å²) in [5, 5.41) is 19.2. The second-order valence-electron chi connectivity index (χ2n) is 5.96. The number of fused-ring (bicyclic) bond motifs is 1. The largest absolute Gasteiger partial charge is 0.477 e. The van der Waals surface area contributed by atoms with Crippen LogP contribution in [-0.4, -0.2) is 68.7 Å². The van der Waals surface area contributed by atoms with E-state index in [1.165, 1.54) is 23.2 Å². The molecule has 1 aromatic heterocycles. The Hall–Kier alpha value is -3.63. The number of hydrogen-bond acceptors (Lipinski definition) is 9. The molecule has 13 heteroatoms. The highest BCUT2D eigenvalue weighted by Gasteiger charge is 2.54. The van der Waals surface area contributed by atoms with E-state index >= 15 is 0 Å². The van der Waals surface area contributed by atoms with Crippen LogP contribution in [0.2, 0.25) is 0 Å². The number of allylic oxidation sites excluding steroid dienone is 1. The van der Waals surface area contributed by atoms with Crippen LogP contribution in [0.15, 0.2) is 34.5 Å². The fourth-order valence-electron chi connectivity index (χ4n) is 2.85. The average molecular weight is 461 g/mol. The number of nitrogens with zero attached hydrogens (tertiary/aromatic N) is 3. The predicted molar refractivity (Wildman–Crippen MR) is 113 cm³/mol. The highest BCUT2D eigenvalue weighted by molar-refractivity contribution is 8.00. The van der Waals surface area contributed by atoms with Gasteiger partial charge in [-0.15, -0.1) is 29.5 Å². The molecule has 0 aromatic carbocycles. The van der Waals surface area contributed by atoms with Crippen LogP contribution in [0.25, 0.3) is 0 Å². The SMILES string of the molecule is C#CCON=C(C(=O)NC1C(=O)N2C(C(=O)O)=C(C=C)CS[C@H]12)c1csc(NC=O)n1. The van der Waals surface area contributed by atoms with Crippen molar-refractivity contribution in [1.29, 1.82) is 0 Å². The van der Waals surface area contributed by atoms with Crippen molar-refractivity contribution in [1.82, 2.24) is 15.2 Å². The number of β-lactam (4-membered cyclic amide) rings is 1. The number of oxime groups is 1. The number of thioether (sulfide) groups is 1. The molecule has 2 aliphatic rings. The quantitative estimate of drug-likeness (QED) is 0.116. The molecule has 0 bridgehead atoms. The summed E-state index contributed by atoms with van der Waals surface area (Å²) >= 11 is 2.35. The third-order valence-corrected chi connectivity index (χ3v) is 6.26. The minimum atomic E-state index is -1.25. The van der Waals surface area contributed by atoms with E-state index < -0.39 is 29.2 Å². The smallest absolute Gasteiger partial charge is 0.352 e. The van der Waals surface area contributed by atoms with E-state index in [0.29, 0.717) is 17.7 Å². The molecule has 31 heavy (non-hydrogen) atoms. The van der Waals surface area contributed by atoms with Gasteiger partial charge in [0.2, 0.25) is 6.41 Å². The van der Waals surface area contributed by atoms with Crippen molar-refractivity contribution in [3.05, 3.63) is 35.0 Å². The summed E-state index contributed by atoms with van der Waals surface area (Å²) in [4.78, 5) is 57.7. The van der Waals surface area contributed by atoms with Gasteiger partial charge in [-0.05, 0) is 5.57 Å². The number of aromatic nitrogens is 1. The van der Waals surface area contributed by atoms with Crippen molar-refractivity contribution < 1.29 is 29.1 Å². The summed E-state index contributed by atoms with van der Waals surface area (Å²) < 4.78 is 0. The molecule has 1 aromatic rings. The Bertz CT molecular complexity index is 1060. The number of carbonyl (C=O) groups is 4. The summed E-state index contributed by atoms with van der Waals surface area (Å²) in [6, 6.07) is -0.970. The lowest BCUT2D eigenvalue weighted by Gasteiger charge is -2.49. The lowest BCUT2D eigenvalue weighted by Crippen LogP contribution is -2.71. The zero-order valence-corrected chi connectivity index (χ0v) is 17.4. The maximum atomic E-state index is 12.8. The van der Waals surface area contributed by atoms with Gasteiger partial charge >= 0.3 is 5.97 Å². The summed E-state index contributed by atoms with van der Waals surface area (Å²) in [5.74, 6) is -0.0693. The topological polar surface area (TPSA) is 150 Å². The molecular weight excluding hydrogens is 446 g/mol. The van der Waals surface area contributed by atoms with E-state index in [0.717, 1.165) is 16.2 Å². The lowest BCUT2D eigenvalue weighted by molar-refractivity contribution is -0.150. The summed E-state index contributed by atoms with van der Waals surface area (Å²) in [7, 11) is 0. The zero-order chi connectivity index (χ0) is 22.5. The van der Waals surface area contributed by atoms with Crippen molar-refractivity contribution in [2.75, 3.05) is 17.7 Å². The summed E-state index contributed by atoms with van der Waals surface area (Å²) in [6.07, 6.45) is 6.94. The maximum absolute atomic E-state index is 12.8. The Balaban J connectivity index is 1.80. The molecule has 3 rings (SSSR count). The van der Waals surface area contributed by atoms with E-state index in [1.807, 2.05) is 0 Å². The predicted octanol–water partition coefficient (Wildman–Crippen LogP) is -0.0101. The molecule has 3 N–H and O–H groups in total. The second kappa shape index (κ2) is 9.45. The fraction of sp³-hybridized carbons (Fsp3) is 0.222. The Morgan fingerprint density at radius 2 is 2.32 bits per heavy atom. The van der Waals surface area contributed by atoms with Crippen molar-refractivity contribution in [2.45, 2.75) is 11.4 Å². The molecule has 0 spiro atoms. The first-order valence-electron chi connectivity index (χ1n) is 8.56. The van der Waals surface area contributed by atoms with Crippen LogP contribution in [0.3, 0.4) is 0 Å². The fourth-order valence-corrected chi connectivity index (χ4v) is 4.84. The molecule has 1 fully saturated rings. The molecule has 0 saturated carbocycles. The molecular formula is C18H15N5O6S2. The summed E-state index contributed by atoms with van der Waals surface area (Å²) in [6.45, 7) is 3.38. The zero-order valence-electron chi connectivity index (χ0n) is 15.7. The van der Waals surface area contributed by atoms with Crippen LogP contribution < -0.4 is 10.6 Å². The third kappa shape index (κ3) is 4.30. The number of carbonyl (C=O) groups excluding carboxylic acids is 3. The monoisotopic (exact) mass is 461 g/mol. The molecule has 11 nitrogen and oxygen atoms in total. The van der Waals surface area contributed by atoms with Crippen LogP contribution in [0.1, 0.15) is 5.69 Å². The third-order valence-electron chi connectivity index (χ3n) is 4.18. The van der Waals surface area contributed by atoms with Gasteiger partial charge in [-0.1, -0.05) is 23.7 Å². The van der Waals surface area contributed by atoms with Gasteiger partial charge in [-0.3, -0.25) is 19.3 Å². The number of amides is 3. The Morgan fingerprint density at radius 1 is 1.55 bits per heavy atom. The molecule has 0 radical (unpaired) electrons. The van der Waals surface area contributed by atoms with Gasteiger partial charge in [0, 0.05) is 11.1 Å². The Kier molecular flexibility index (Phi) is 6.73. The number of carboxylic acids is 1. The van der Waals surface area contributed by atoms with Gasteiger partial charge in [0.25, 0.3) is 11.8 Å². The normalized spacial score (nSPS) is 20.2. The number of aliphatic carboxylic acids is 1. The van der Waals surface area contributed by atoms with Crippen LogP contribution in [-0.2, 0) is 24.0 Å². The van der Waals surface area contributed by atoms with Gasteiger partial charge in [0.1, 0.15) is 22.8 Å². The molecule has 2 aliphatic heterocycles. The van der Waals surface area contributed by atoms with E-state index in [9.17, 15) is 24.3 Å². The molecule has 0 aliphatic carbocycles. The first kappa shape index (κ1) is 22.1. The first-order chi connectivity index (χ1) is 14.9. The van der Waals surface area contributed by atoms with Crippen LogP contribution in [0.5, 0.6) is 0 Å². The van der Waals surface area contributed by atoms with Crippen molar-refractivity contribution >= 4 is 58.1 Å². The first-order valence-corrected chi connectivity index (χ1v) is 10.5. The second-order valence-corrected chi connectivity index (χ2v) is 7.92. The minimum absolute atomic E-state index is 0.101. The molecule has 1 unspecified atom stereocenters. The lowest BCUT2D eigenvalue weighted by atomic mass is 10.0. The van der Waals surface area contributed by atoms with Crippen molar-refractivity contribution in [3.8, 4) is 12.3 Å². The van der Waals surface area contributed by atoms with Crippen LogP contribution in [0.4, 0.5) is 5.13 Å². The van der Waals surface area contributed by atoms with Gasteiger partial charge in [0.15, 0.2) is 17.5 Å². The highest BCUT2D eigenvalue weighted by Crippen LogP contribution is 2.40. The molecule has 3 heterocycles. The van der Waals surface area contributed by atoms with Crippen LogP contribution in [0, 0.1) is 12.3 Å². The minimum Gasteiger partial charge on any atom is -0.477 e. The highest BCUT2D eigenvalue weighted by atomic mass is 32.2. The standard InChI is InChI=1S/C18H15N5O6S2/c1-3-5-29-22-11(10-7-31-18(20-10)19-8-24)14(25)21-12-15(26)23-13(17(27)28)9(4-2)6-30-16(12)23/h1,4,7-8,12,16H,2,5-6H2,(H,21,25)(H,27,28)(H,19,20,24)/t12?,16-/m1/s1. The van der Waals surface area contributed by atoms with Gasteiger partial charge in [0.05, 0.1) is 0 Å². The van der Waals surface area contributed by atoms with Gasteiger partial charge in [-0.2, -0.15) is 0 Å². The number of thiazole rings is 1. The van der Waals surface area contributed by atoms with E-state index in [-0.39, 0.29) is 28.8 Å². The van der Waals surface area contributed by atoms with Gasteiger partial charge in [-0.25, -0.2) is 9.78 Å². The van der Waals surface area contributed by atoms with E-state index in [2.05, 4.69) is 33.3 Å². The van der Waals surface area contributed by atoms with E-state index in [4.69, 9.17) is 11.3 Å². The Labute approximate surface area is 184 Å². The average Bonchev–Trinajstić information content (AvgIpc) is 3.22. The molecule has 1 saturated heterocycles. The molecule has 3 amide bonds. The summed E-state index contributed by atoms with van der Waals surface area (Å²) in [5.41, 5.74) is 0.126. The number of carboxylic acid groups (broad SMARTS) is 1. The maximum Gasteiger partial charge on any atom is 0.352 e. The molecule has 160 valence electrons. The number of rotatable bonds is 9.